The topological polar surface area (TPSA) is 119 Å². The molecule has 3 N–H and O–H groups in total. The van der Waals surface area contributed by atoms with Gasteiger partial charge in [0, 0.05) is 49.5 Å². The maximum absolute atomic E-state index is 6.16. The molecule has 0 saturated carbocycles. The van der Waals surface area contributed by atoms with Crippen molar-refractivity contribution in [3.63, 3.8) is 0 Å². The molecule has 5 heterocycles. The van der Waals surface area contributed by atoms with Gasteiger partial charge in [-0.2, -0.15) is 0 Å². The Bertz CT molecular complexity index is 1270. The second-order valence-corrected chi connectivity index (χ2v) is 7.11. The van der Waals surface area contributed by atoms with Crippen molar-refractivity contribution in [2.75, 3.05) is 24.1 Å². The molecule has 1 aliphatic rings. The zero-order valence-electron chi connectivity index (χ0n) is 16.8. The maximum Gasteiger partial charge on any atom is 0.166 e. The Labute approximate surface area is 178 Å². The molecule has 1 aliphatic heterocycles. The average molecular weight is 411 g/mol. The Morgan fingerprint density at radius 1 is 1.06 bits per heavy atom. The molecule has 31 heavy (non-hydrogen) atoms. The van der Waals surface area contributed by atoms with Crippen LogP contribution in [-0.2, 0) is 0 Å². The summed E-state index contributed by atoms with van der Waals surface area (Å²) in [5.41, 5.74) is 10.2. The van der Waals surface area contributed by atoms with Crippen LogP contribution in [0.4, 0.5) is 11.6 Å². The normalized spacial score (nSPS) is 13.0. The van der Waals surface area contributed by atoms with Crippen molar-refractivity contribution in [3.8, 4) is 22.4 Å². The molecule has 0 radical (unpaired) electrons. The predicted octanol–water partition coefficient (Wildman–Crippen LogP) is 3.11. The minimum Gasteiger partial charge on any atom is -0.382 e. The number of amidine groups is 1. The fourth-order valence-electron chi connectivity index (χ4n) is 3.50. The van der Waals surface area contributed by atoms with E-state index in [1.54, 1.807) is 16.9 Å². The first-order valence-electron chi connectivity index (χ1n) is 10.1. The lowest BCUT2D eigenvalue weighted by atomic mass is 10.1. The zero-order chi connectivity index (χ0) is 21.0. The van der Waals surface area contributed by atoms with Crippen LogP contribution in [0.15, 0.2) is 65.1 Å². The third-order valence-electron chi connectivity index (χ3n) is 4.99. The number of hydrogen-bond acceptors (Lipinski definition) is 8. The number of nitrogen functional groups attached to an aromatic ring is 1. The van der Waals surface area contributed by atoms with Crippen molar-refractivity contribution in [2.24, 2.45) is 9.98 Å². The summed E-state index contributed by atoms with van der Waals surface area (Å²) in [5, 5.41) is 7.80. The highest BCUT2D eigenvalue weighted by Crippen LogP contribution is 2.29. The molecule has 9 heteroatoms. The standard InChI is InChI=1S/C22H21N9/c23-21-20(17-4-1-2-7-24-17)22-29-13-16(14-31(22)30-21)15-6-9-26-19(12-15)25-8-3-5-18-27-10-11-28-18/h1-2,4,6-7,9-10,12-14H,3,5,8,11H2,(H2,23,30)(H,25,26). The van der Waals surface area contributed by atoms with E-state index in [4.69, 9.17) is 5.73 Å². The van der Waals surface area contributed by atoms with E-state index >= 15 is 0 Å². The molecule has 0 amide bonds. The van der Waals surface area contributed by atoms with Crippen LogP contribution in [0.2, 0.25) is 0 Å². The molecule has 0 atom stereocenters. The third-order valence-corrected chi connectivity index (χ3v) is 4.99. The van der Waals surface area contributed by atoms with E-state index in [0.717, 1.165) is 53.4 Å². The molecule has 0 aromatic carbocycles. The van der Waals surface area contributed by atoms with E-state index < -0.39 is 0 Å². The molecule has 0 fully saturated rings. The third kappa shape index (κ3) is 3.97. The highest BCUT2D eigenvalue weighted by atomic mass is 15.3. The number of nitrogens with one attached hydrogen (secondary N) is 1. The van der Waals surface area contributed by atoms with Crippen molar-refractivity contribution < 1.29 is 0 Å². The number of pyridine rings is 2. The molecular formula is C22H21N9. The molecule has 0 spiro atoms. The van der Waals surface area contributed by atoms with Crippen LogP contribution in [0.25, 0.3) is 28.0 Å². The number of nitrogens with zero attached hydrogens (tertiary/aromatic N) is 7. The van der Waals surface area contributed by atoms with Gasteiger partial charge in [0.2, 0.25) is 0 Å². The highest BCUT2D eigenvalue weighted by molar-refractivity contribution is 5.94. The Hall–Kier alpha value is -4.14. The van der Waals surface area contributed by atoms with Gasteiger partial charge in [-0.15, -0.1) is 5.10 Å². The summed E-state index contributed by atoms with van der Waals surface area (Å²) in [4.78, 5) is 22.0. The highest BCUT2D eigenvalue weighted by Gasteiger charge is 2.15. The van der Waals surface area contributed by atoms with E-state index in [-0.39, 0.29) is 0 Å². The van der Waals surface area contributed by atoms with Gasteiger partial charge in [-0.05, 0) is 36.2 Å². The Balaban J connectivity index is 1.34. The number of rotatable bonds is 7. The van der Waals surface area contributed by atoms with Crippen LogP contribution >= 0.6 is 0 Å². The largest absolute Gasteiger partial charge is 0.382 e. The monoisotopic (exact) mass is 411 g/mol. The van der Waals surface area contributed by atoms with Crippen LogP contribution in [-0.4, -0.2) is 49.7 Å². The molecule has 0 unspecified atom stereocenters. The van der Waals surface area contributed by atoms with Gasteiger partial charge in [-0.25, -0.2) is 19.5 Å². The van der Waals surface area contributed by atoms with Crippen LogP contribution < -0.4 is 11.1 Å². The van der Waals surface area contributed by atoms with E-state index in [0.29, 0.717) is 18.0 Å². The molecule has 154 valence electrons. The van der Waals surface area contributed by atoms with Gasteiger partial charge in [0.05, 0.1) is 17.8 Å². The summed E-state index contributed by atoms with van der Waals surface area (Å²) in [6, 6.07) is 9.63. The summed E-state index contributed by atoms with van der Waals surface area (Å²) >= 11 is 0. The van der Waals surface area contributed by atoms with Gasteiger partial charge in [0.15, 0.2) is 11.5 Å². The minimum atomic E-state index is 0.400. The lowest BCUT2D eigenvalue weighted by Gasteiger charge is -2.08. The van der Waals surface area contributed by atoms with Crippen LogP contribution in [0.3, 0.4) is 0 Å². The number of aromatic nitrogens is 5. The fourth-order valence-corrected chi connectivity index (χ4v) is 3.50. The lowest BCUT2D eigenvalue weighted by Crippen LogP contribution is -2.05. The second kappa shape index (κ2) is 8.31. The van der Waals surface area contributed by atoms with Gasteiger partial charge in [-0.3, -0.25) is 9.98 Å². The molecule has 0 saturated heterocycles. The zero-order valence-corrected chi connectivity index (χ0v) is 16.8. The number of hydrogen-bond donors (Lipinski definition) is 2. The molecule has 4 aromatic heterocycles. The van der Waals surface area contributed by atoms with Gasteiger partial charge < -0.3 is 11.1 Å². The van der Waals surface area contributed by atoms with Crippen molar-refractivity contribution in [1.82, 2.24) is 24.6 Å². The van der Waals surface area contributed by atoms with Crippen LogP contribution in [0, 0.1) is 0 Å². The molecule has 0 aliphatic carbocycles. The lowest BCUT2D eigenvalue weighted by molar-refractivity contribution is 0.903. The Kier molecular flexibility index (Phi) is 5.05. The summed E-state index contributed by atoms with van der Waals surface area (Å²) in [5.74, 6) is 2.13. The van der Waals surface area contributed by atoms with E-state index in [9.17, 15) is 0 Å². The molecular weight excluding hydrogens is 390 g/mol. The van der Waals surface area contributed by atoms with Gasteiger partial charge in [-0.1, -0.05) is 6.07 Å². The summed E-state index contributed by atoms with van der Waals surface area (Å²) < 4.78 is 1.70. The first-order chi connectivity index (χ1) is 15.3. The average Bonchev–Trinajstić information content (AvgIpc) is 3.44. The molecule has 5 rings (SSSR count). The van der Waals surface area contributed by atoms with E-state index in [2.05, 4.69) is 35.4 Å². The second-order valence-electron chi connectivity index (χ2n) is 7.11. The molecule has 0 bridgehead atoms. The first-order valence-corrected chi connectivity index (χ1v) is 10.1. The predicted molar refractivity (Wildman–Crippen MR) is 122 cm³/mol. The minimum absolute atomic E-state index is 0.400. The fraction of sp³-hybridized carbons (Fsp3) is 0.182. The van der Waals surface area contributed by atoms with Crippen molar-refractivity contribution in [3.05, 3.63) is 55.1 Å². The smallest absolute Gasteiger partial charge is 0.166 e. The number of anilines is 2. The first kappa shape index (κ1) is 18.9. The van der Waals surface area contributed by atoms with Crippen LogP contribution in [0.1, 0.15) is 12.8 Å². The number of nitrogens with two attached hydrogens (primary N) is 1. The number of fused-ring (bicyclic) bond motifs is 1. The van der Waals surface area contributed by atoms with Gasteiger partial charge in [0.1, 0.15) is 11.7 Å². The number of aliphatic imine (C=N–C) groups is 2. The molecule has 9 nitrogen and oxygen atoms in total. The SMILES string of the molecule is Nc1nn2cc(-c3ccnc(NCCCC4=NCC=N4)c3)cnc2c1-c1ccccn1. The summed E-state index contributed by atoms with van der Waals surface area (Å²) in [7, 11) is 0. The van der Waals surface area contributed by atoms with Crippen molar-refractivity contribution >= 4 is 29.3 Å². The van der Waals surface area contributed by atoms with Gasteiger partial charge in [0.25, 0.3) is 0 Å². The Morgan fingerprint density at radius 3 is 2.87 bits per heavy atom. The van der Waals surface area contributed by atoms with E-state index in [1.165, 1.54) is 0 Å². The van der Waals surface area contributed by atoms with Crippen molar-refractivity contribution in [1.29, 1.82) is 0 Å². The van der Waals surface area contributed by atoms with E-state index in [1.807, 2.05) is 48.9 Å². The molecule has 4 aromatic rings. The summed E-state index contributed by atoms with van der Waals surface area (Å²) in [6.07, 6.45) is 10.9. The van der Waals surface area contributed by atoms with Gasteiger partial charge >= 0.3 is 0 Å². The Morgan fingerprint density at radius 2 is 2.03 bits per heavy atom. The quantitative estimate of drug-likeness (QED) is 0.451. The maximum atomic E-state index is 6.16. The summed E-state index contributed by atoms with van der Waals surface area (Å²) in [6.45, 7) is 1.50. The van der Waals surface area contributed by atoms with Crippen molar-refractivity contribution in [2.45, 2.75) is 12.8 Å². The van der Waals surface area contributed by atoms with Crippen LogP contribution in [0.5, 0.6) is 0 Å².